The predicted molar refractivity (Wildman–Crippen MR) is 79.5 cm³/mol. The molecule has 1 aliphatic carbocycles. The summed E-state index contributed by atoms with van der Waals surface area (Å²) in [6.45, 7) is 5.34. The molecule has 114 valence electrons. The lowest BCUT2D eigenvalue weighted by atomic mass is 9.64. The summed E-state index contributed by atoms with van der Waals surface area (Å²) in [7, 11) is 0. The fourth-order valence-corrected chi connectivity index (χ4v) is 2.55. The van der Waals surface area contributed by atoms with E-state index < -0.39 is 23.1 Å². The molecule has 0 unspecified atom stereocenters. The third-order valence-corrected chi connectivity index (χ3v) is 3.69. The third-order valence-electron chi connectivity index (χ3n) is 3.69. The Morgan fingerprint density at radius 2 is 1.86 bits per heavy atom. The zero-order valence-corrected chi connectivity index (χ0v) is 12.6. The molecule has 1 aromatic carbocycles. The van der Waals surface area contributed by atoms with Crippen molar-refractivity contribution in [2.24, 2.45) is 0 Å². The van der Waals surface area contributed by atoms with Gasteiger partial charge < -0.3 is 9.84 Å². The summed E-state index contributed by atoms with van der Waals surface area (Å²) >= 11 is 0. The second-order valence-corrected chi connectivity index (χ2v) is 6.41. The first-order chi connectivity index (χ1) is 9.74. The molecule has 1 aromatic rings. The van der Waals surface area contributed by atoms with Crippen molar-refractivity contribution in [1.82, 2.24) is 0 Å². The van der Waals surface area contributed by atoms with E-state index in [1.165, 1.54) is 0 Å². The number of nitrogens with one attached hydrogen (secondary N) is 1. The number of aliphatic carboxylic acids is 1. The van der Waals surface area contributed by atoms with Crippen LogP contribution in [-0.4, -0.2) is 22.8 Å². The minimum absolute atomic E-state index is 0.508. The van der Waals surface area contributed by atoms with E-state index in [1.54, 1.807) is 45.0 Å². The van der Waals surface area contributed by atoms with Crippen LogP contribution in [0.25, 0.3) is 0 Å². The van der Waals surface area contributed by atoms with Crippen molar-refractivity contribution in [3.63, 3.8) is 0 Å². The van der Waals surface area contributed by atoms with E-state index in [0.29, 0.717) is 24.1 Å². The molecular weight excluding hydrogens is 270 g/mol. The molecule has 0 spiro atoms. The zero-order chi connectivity index (χ0) is 15.7. The van der Waals surface area contributed by atoms with Gasteiger partial charge in [-0.05, 0) is 45.2 Å². The van der Waals surface area contributed by atoms with Gasteiger partial charge in [-0.3, -0.25) is 10.1 Å². The largest absolute Gasteiger partial charge is 0.481 e. The molecule has 2 N–H and O–H groups in total. The minimum atomic E-state index is -0.883. The van der Waals surface area contributed by atoms with Gasteiger partial charge in [-0.2, -0.15) is 0 Å². The fraction of sp³-hybridized carbons (Fsp3) is 0.500. The SMILES string of the molecule is CC(C)(C)OC(=O)Nc1ccccc1C1(C(=O)O)CCC1. The molecule has 0 atom stereocenters. The highest BCUT2D eigenvalue weighted by Crippen LogP contribution is 2.46. The molecule has 2 rings (SSSR count). The van der Waals surface area contributed by atoms with E-state index in [4.69, 9.17) is 4.74 Å². The van der Waals surface area contributed by atoms with Crippen LogP contribution in [0.4, 0.5) is 10.5 Å². The van der Waals surface area contributed by atoms with Crippen LogP contribution < -0.4 is 5.32 Å². The smallest absolute Gasteiger partial charge is 0.412 e. The zero-order valence-electron chi connectivity index (χ0n) is 12.6. The molecule has 5 nitrogen and oxygen atoms in total. The number of carbonyl (C=O) groups excluding carboxylic acids is 1. The maximum Gasteiger partial charge on any atom is 0.412 e. The molecule has 21 heavy (non-hydrogen) atoms. The summed E-state index contributed by atoms with van der Waals surface area (Å²) in [5.41, 5.74) is -0.325. The monoisotopic (exact) mass is 291 g/mol. The first-order valence-electron chi connectivity index (χ1n) is 7.07. The number of hydrogen-bond acceptors (Lipinski definition) is 3. The van der Waals surface area contributed by atoms with Crippen molar-refractivity contribution in [1.29, 1.82) is 0 Å². The Morgan fingerprint density at radius 3 is 2.33 bits per heavy atom. The van der Waals surface area contributed by atoms with E-state index in [2.05, 4.69) is 5.32 Å². The molecule has 0 radical (unpaired) electrons. The number of benzene rings is 1. The Hall–Kier alpha value is -2.04. The van der Waals surface area contributed by atoms with E-state index >= 15 is 0 Å². The second kappa shape index (κ2) is 5.39. The second-order valence-electron chi connectivity index (χ2n) is 6.41. The topological polar surface area (TPSA) is 75.6 Å². The molecule has 0 aliphatic heterocycles. The Balaban J connectivity index is 2.26. The lowest BCUT2D eigenvalue weighted by Gasteiger charge is -2.39. The quantitative estimate of drug-likeness (QED) is 0.893. The number of rotatable bonds is 3. The summed E-state index contributed by atoms with van der Waals surface area (Å²) in [6.07, 6.45) is 1.49. The van der Waals surface area contributed by atoms with Crippen LogP contribution >= 0.6 is 0 Å². The minimum Gasteiger partial charge on any atom is -0.481 e. The fourth-order valence-electron chi connectivity index (χ4n) is 2.55. The molecule has 1 saturated carbocycles. The van der Waals surface area contributed by atoms with Crippen molar-refractivity contribution < 1.29 is 19.4 Å². The van der Waals surface area contributed by atoms with Gasteiger partial charge in [-0.25, -0.2) is 4.79 Å². The van der Waals surface area contributed by atoms with Crippen LogP contribution in [0, 0.1) is 0 Å². The van der Waals surface area contributed by atoms with Crippen LogP contribution in [0.2, 0.25) is 0 Å². The summed E-state index contributed by atoms with van der Waals surface area (Å²) in [6, 6.07) is 7.03. The molecule has 1 aliphatic rings. The molecule has 5 heteroatoms. The van der Waals surface area contributed by atoms with Crippen molar-refractivity contribution in [3.05, 3.63) is 29.8 Å². The first kappa shape index (κ1) is 15.4. The predicted octanol–water partition coefficient (Wildman–Crippen LogP) is 3.54. The molecule has 0 bridgehead atoms. The summed E-state index contributed by atoms with van der Waals surface area (Å²) in [5.74, 6) is -0.841. The van der Waals surface area contributed by atoms with Gasteiger partial charge in [0.2, 0.25) is 0 Å². The number of carboxylic acids is 1. The van der Waals surface area contributed by atoms with Crippen molar-refractivity contribution >= 4 is 17.7 Å². The average molecular weight is 291 g/mol. The number of hydrogen-bond donors (Lipinski definition) is 2. The van der Waals surface area contributed by atoms with Crippen LogP contribution in [0.1, 0.15) is 45.6 Å². The van der Waals surface area contributed by atoms with E-state index in [1.807, 2.05) is 0 Å². The highest BCUT2D eigenvalue weighted by Gasteiger charge is 2.47. The van der Waals surface area contributed by atoms with Crippen molar-refractivity contribution in [3.8, 4) is 0 Å². The van der Waals surface area contributed by atoms with Gasteiger partial charge in [0, 0.05) is 5.69 Å². The Kier molecular flexibility index (Phi) is 3.94. The summed E-state index contributed by atoms with van der Waals surface area (Å²) in [5, 5.41) is 12.2. The van der Waals surface area contributed by atoms with Gasteiger partial charge in [0.15, 0.2) is 0 Å². The lowest BCUT2D eigenvalue weighted by molar-refractivity contribution is -0.147. The number of ether oxygens (including phenoxy) is 1. The van der Waals surface area contributed by atoms with Gasteiger partial charge in [0.05, 0.1) is 5.41 Å². The maximum absolute atomic E-state index is 11.9. The van der Waals surface area contributed by atoms with Gasteiger partial charge in [-0.1, -0.05) is 24.6 Å². The van der Waals surface area contributed by atoms with Crippen LogP contribution in [0.3, 0.4) is 0 Å². The molecule has 1 fully saturated rings. The van der Waals surface area contributed by atoms with Gasteiger partial charge in [0.25, 0.3) is 0 Å². The standard InChI is InChI=1S/C16H21NO4/c1-15(2,3)21-14(20)17-12-8-5-4-7-11(12)16(13(18)19)9-6-10-16/h4-5,7-8H,6,9-10H2,1-3H3,(H,17,20)(H,18,19). The van der Waals surface area contributed by atoms with Crippen LogP contribution in [0.5, 0.6) is 0 Å². The Bertz CT molecular complexity index is 556. The normalized spacial score (nSPS) is 16.7. The Morgan fingerprint density at radius 1 is 1.24 bits per heavy atom. The molecule has 0 aromatic heterocycles. The van der Waals surface area contributed by atoms with E-state index in [0.717, 1.165) is 6.42 Å². The van der Waals surface area contributed by atoms with Crippen molar-refractivity contribution in [2.45, 2.75) is 51.0 Å². The molecule has 1 amide bonds. The van der Waals surface area contributed by atoms with E-state index in [9.17, 15) is 14.7 Å². The van der Waals surface area contributed by atoms with E-state index in [-0.39, 0.29) is 0 Å². The van der Waals surface area contributed by atoms with Gasteiger partial charge >= 0.3 is 12.1 Å². The molecule has 0 saturated heterocycles. The lowest BCUT2D eigenvalue weighted by Crippen LogP contribution is -2.43. The summed E-state index contributed by atoms with van der Waals surface area (Å²) < 4.78 is 5.22. The highest BCUT2D eigenvalue weighted by molar-refractivity contribution is 5.90. The van der Waals surface area contributed by atoms with Gasteiger partial charge in [0.1, 0.15) is 5.60 Å². The third kappa shape index (κ3) is 3.17. The number of para-hydroxylation sites is 1. The van der Waals surface area contributed by atoms with Gasteiger partial charge in [-0.15, -0.1) is 0 Å². The van der Waals surface area contributed by atoms with Crippen molar-refractivity contribution in [2.75, 3.05) is 5.32 Å². The Labute approximate surface area is 124 Å². The maximum atomic E-state index is 11.9. The first-order valence-corrected chi connectivity index (χ1v) is 7.07. The number of carbonyl (C=O) groups is 2. The van der Waals surface area contributed by atoms with Crippen LogP contribution in [0.15, 0.2) is 24.3 Å². The van der Waals surface area contributed by atoms with Crippen LogP contribution in [-0.2, 0) is 14.9 Å². The number of amides is 1. The number of carboxylic acid groups (broad SMARTS) is 1. The molecular formula is C16H21NO4. The molecule has 0 heterocycles. The number of anilines is 1. The highest BCUT2D eigenvalue weighted by atomic mass is 16.6. The summed E-state index contributed by atoms with van der Waals surface area (Å²) in [4.78, 5) is 23.5. The average Bonchev–Trinajstić information content (AvgIpc) is 2.26.